The Morgan fingerprint density at radius 3 is 1.03 bits per heavy atom. The minimum absolute atomic E-state index is 0.230. The minimum atomic E-state index is -2.09. The van der Waals surface area contributed by atoms with E-state index in [-0.39, 0.29) is 21.7 Å². The van der Waals surface area contributed by atoms with Crippen molar-refractivity contribution in [2.75, 3.05) is 0 Å². The first-order chi connectivity index (χ1) is 29.9. The Hall–Kier alpha value is -5.28. The van der Waals surface area contributed by atoms with Crippen molar-refractivity contribution >= 4 is 60.4 Å². The number of aryl methyl sites for hydroxylation is 4. The summed E-state index contributed by atoms with van der Waals surface area (Å²) < 4.78 is 42.6. The third kappa shape index (κ3) is 8.89. The molecule has 64 heavy (non-hydrogen) atoms. The predicted octanol–water partition coefficient (Wildman–Crippen LogP) is 18.7. The molecule has 0 unspecified atom stereocenters. The molecule has 0 radical (unpaired) electrons. The molecule has 0 aliphatic heterocycles. The smallest absolute Gasteiger partial charge is 0.390 e. The molecule has 0 fully saturated rings. The average molecular weight is 895 g/mol. The van der Waals surface area contributed by atoms with Gasteiger partial charge in [-0.25, -0.2) is 0 Å². The summed E-state index contributed by atoms with van der Waals surface area (Å²) in [6.07, 6.45) is 0. The molecule has 0 aliphatic carbocycles. The summed E-state index contributed by atoms with van der Waals surface area (Å²) in [6.45, 7) is 35.4. The highest BCUT2D eigenvalue weighted by molar-refractivity contribution is 7.32. The fourth-order valence-electron chi connectivity index (χ4n) is 8.62. The van der Waals surface area contributed by atoms with E-state index in [0.29, 0.717) is 22.7 Å². The maximum atomic E-state index is 7.47. The molecule has 2 aromatic heterocycles. The largest absolute Gasteiger partial charge is 0.453 e. The summed E-state index contributed by atoms with van der Waals surface area (Å²) >= 11 is 0. The molecular weight excluding hydrogens is 831 g/mol. The van der Waals surface area contributed by atoms with Gasteiger partial charge in [0, 0.05) is 54.9 Å². The molecule has 0 saturated carbocycles. The van der Waals surface area contributed by atoms with Gasteiger partial charge in [0.1, 0.15) is 33.8 Å². The Balaban J connectivity index is 1.47. The summed E-state index contributed by atoms with van der Waals surface area (Å²) in [6, 6.07) is 33.9. The fraction of sp³-hybridized carbons (Fsp3) is 0.357. The Kier molecular flexibility index (Phi) is 11.5. The molecule has 0 spiro atoms. The van der Waals surface area contributed by atoms with Gasteiger partial charge < -0.3 is 25.8 Å². The van der Waals surface area contributed by atoms with Gasteiger partial charge in [-0.3, -0.25) is 0 Å². The van der Waals surface area contributed by atoms with Gasteiger partial charge in [-0.05, 0) is 108 Å². The molecule has 0 atom stereocenters. The van der Waals surface area contributed by atoms with Crippen LogP contribution >= 0.6 is 16.5 Å². The zero-order valence-corrected chi connectivity index (χ0v) is 42.4. The van der Waals surface area contributed by atoms with Crippen molar-refractivity contribution in [2.24, 2.45) is 0 Å². The SMILES string of the molecule is Cc1cc(-c2cc(C)cc(C(C)(C)C)c2Op2oc3c(C(C)(C)C)cc(C)cc3c3cc(C)cc(C(C)(C)C)c3o2)c(Op2oc3ccccc3c3ccccc3o2)c(C(C)(C)C)c1. The average Bonchev–Trinajstić information content (AvgIpc) is 3.44. The number of hydrogen-bond acceptors (Lipinski definition) is 6. The van der Waals surface area contributed by atoms with Gasteiger partial charge >= 0.3 is 16.5 Å². The van der Waals surface area contributed by atoms with Crippen LogP contribution in [0.2, 0.25) is 0 Å². The first kappa shape index (κ1) is 45.3. The topological polar surface area (TPSA) is 71.0 Å². The Bertz CT molecular complexity index is 3050. The van der Waals surface area contributed by atoms with E-state index >= 15 is 0 Å². The van der Waals surface area contributed by atoms with E-state index < -0.39 is 16.5 Å². The molecule has 0 saturated heterocycles. The molecule has 0 aliphatic rings. The second-order valence-electron chi connectivity index (χ2n) is 21.7. The zero-order valence-electron chi connectivity index (χ0n) is 40.6. The van der Waals surface area contributed by atoms with Crippen LogP contribution in [0.3, 0.4) is 0 Å². The second-order valence-corrected chi connectivity index (χ2v) is 23.7. The first-order valence-electron chi connectivity index (χ1n) is 22.3. The van der Waals surface area contributed by atoms with E-state index in [1.807, 2.05) is 36.4 Å². The number of rotatable bonds is 5. The van der Waals surface area contributed by atoms with Gasteiger partial charge in [0.05, 0.1) is 0 Å². The van der Waals surface area contributed by atoms with Gasteiger partial charge in [-0.15, -0.1) is 0 Å². The highest BCUT2D eigenvalue weighted by Gasteiger charge is 2.32. The Labute approximate surface area is 381 Å². The second kappa shape index (κ2) is 16.3. The third-order valence-corrected chi connectivity index (χ3v) is 13.8. The van der Waals surface area contributed by atoms with Gasteiger partial charge in [-0.2, -0.15) is 0 Å². The summed E-state index contributed by atoms with van der Waals surface area (Å²) in [7, 11) is -4.06. The number of hydrogen-bond donors (Lipinski definition) is 0. The van der Waals surface area contributed by atoms with E-state index in [2.05, 4.69) is 171 Å². The summed E-state index contributed by atoms with van der Waals surface area (Å²) in [5.74, 6) is 1.36. The van der Waals surface area contributed by atoms with Crippen LogP contribution in [0.1, 0.15) is 128 Å². The van der Waals surface area contributed by atoms with E-state index in [1.54, 1.807) is 0 Å². The van der Waals surface area contributed by atoms with Gasteiger partial charge in [0.2, 0.25) is 0 Å². The molecule has 334 valence electrons. The molecule has 8 aromatic rings. The van der Waals surface area contributed by atoms with Crippen molar-refractivity contribution in [2.45, 2.75) is 132 Å². The zero-order chi connectivity index (χ0) is 46.3. The minimum Gasteiger partial charge on any atom is -0.390 e. The van der Waals surface area contributed by atoms with Crippen LogP contribution in [0.4, 0.5) is 0 Å². The van der Waals surface area contributed by atoms with Gasteiger partial charge in [-0.1, -0.05) is 144 Å². The molecule has 0 bridgehead atoms. The normalized spacial score (nSPS) is 12.7. The van der Waals surface area contributed by atoms with Crippen molar-refractivity contribution in [3.05, 3.63) is 142 Å². The molecular formula is C56H64O6P2. The van der Waals surface area contributed by atoms with Crippen LogP contribution in [0.25, 0.3) is 55.0 Å². The van der Waals surface area contributed by atoms with Crippen molar-refractivity contribution in [3.8, 4) is 22.6 Å². The van der Waals surface area contributed by atoms with Crippen molar-refractivity contribution in [1.82, 2.24) is 0 Å². The van der Waals surface area contributed by atoms with E-state index in [4.69, 9.17) is 25.8 Å². The predicted molar refractivity (Wildman–Crippen MR) is 270 cm³/mol. The lowest BCUT2D eigenvalue weighted by Crippen LogP contribution is -2.15. The number of para-hydroxylation sites is 2. The van der Waals surface area contributed by atoms with E-state index in [0.717, 1.165) is 88.3 Å². The molecule has 6 aromatic carbocycles. The van der Waals surface area contributed by atoms with Crippen molar-refractivity contribution < 1.29 is 25.8 Å². The van der Waals surface area contributed by atoms with Crippen LogP contribution in [-0.4, -0.2) is 0 Å². The van der Waals surface area contributed by atoms with Gasteiger partial charge in [0.15, 0.2) is 0 Å². The first-order valence-corrected chi connectivity index (χ1v) is 24.5. The van der Waals surface area contributed by atoms with Crippen molar-refractivity contribution in [1.29, 1.82) is 0 Å². The summed E-state index contributed by atoms with van der Waals surface area (Å²) in [5, 5.41) is 3.95. The van der Waals surface area contributed by atoms with Crippen LogP contribution in [0.15, 0.2) is 114 Å². The summed E-state index contributed by atoms with van der Waals surface area (Å²) in [4.78, 5) is 0. The Morgan fingerprint density at radius 2 is 0.672 bits per heavy atom. The summed E-state index contributed by atoms with van der Waals surface area (Å²) in [5.41, 5.74) is 12.4. The van der Waals surface area contributed by atoms with Crippen molar-refractivity contribution in [3.63, 3.8) is 0 Å². The highest BCUT2D eigenvalue weighted by atomic mass is 31.1. The fourth-order valence-corrected chi connectivity index (χ4v) is 10.9. The lowest BCUT2D eigenvalue weighted by Gasteiger charge is -2.28. The maximum Gasteiger partial charge on any atom is 0.453 e. The van der Waals surface area contributed by atoms with E-state index in [1.165, 1.54) is 0 Å². The molecule has 0 amide bonds. The van der Waals surface area contributed by atoms with Gasteiger partial charge in [0.25, 0.3) is 0 Å². The van der Waals surface area contributed by atoms with Crippen LogP contribution < -0.4 is 9.05 Å². The Morgan fingerprint density at radius 1 is 0.359 bits per heavy atom. The lowest BCUT2D eigenvalue weighted by molar-refractivity contribution is 0.470. The highest BCUT2D eigenvalue weighted by Crippen LogP contribution is 2.53. The monoisotopic (exact) mass is 894 g/mol. The van der Waals surface area contributed by atoms with Crippen LogP contribution in [-0.2, 0) is 21.7 Å². The number of benzene rings is 6. The number of fused-ring (bicyclic) bond motifs is 6. The molecule has 6 nitrogen and oxygen atoms in total. The molecule has 8 heteroatoms. The van der Waals surface area contributed by atoms with Crippen LogP contribution in [0.5, 0.6) is 11.5 Å². The lowest BCUT2D eigenvalue weighted by atomic mass is 9.80. The molecule has 2 heterocycles. The third-order valence-electron chi connectivity index (χ3n) is 11.8. The van der Waals surface area contributed by atoms with E-state index in [9.17, 15) is 0 Å². The maximum absolute atomic E-state index is 7.47. The molecule has 8 rings (SSSR count). The van der Waals surface area contributed by atoms with Crippen LogP contribution in [0, 0.1) is 27.7 Å². The molecule has 0 N–H and O–H groups in total. The standard InChI is InChI=1S/C56H64O6P2/c1-33-25-39(49(43(29-33)53(5,6)7)59-63-57-47-23-19-17-21-37(47)38-22-18-20-24-48(38)58-63)40-26-34(2)30-44(54(8,9)10)50(40)60-64-61-51-41(27-35(3)31-45(51)55(11,12)13)42-28-36(4)32-46(52(42)62-64)56(14,15)16/h17-32H,1-16H3. The quantitative estimate of drug-likeness (QED) is 0.171.